The van der Waals surface area contributed by atoms with Crippen molar-refractivity contribution in [3.63, 3.8) is 0 Å². The van der Waals surface area contributed by atoms with Gasteiger partial charge in [0, 0.05) is 16.8 Å². The van der Waals surface area contributed by atoms with Crippen molar-refractivity contribution in [1.29, 1.82) is 0 Å². The Kier molecular flexibility index (Phi) is 5.16. The third kappa shape index (κ3) is 3.14. The molecule has 0 fully saturated rings. The molecule has 1 aromatic heterocycles. The molecule has 0 spiro atoms. The third-order valence-electron chi connectivity index (χ3n) is 6.17. The Morgan fingerprint density at radius 2 is 1.28 bits per heavy atom. The van der Waals surface area contributed by atoms with Gasteiger partial charge in [0.1, 0.15) is 11.5 Å². The largest absolute Gasteiger partial charge is 0.497 e. The topological polar surface area (TPSA) is 34.2 Å². The molecule has 158 valence electrons. The molecule has 1 atom stereocenters. The van der Waals surface area contributed by atoms with E-state index < -0.39 is 5.41 Å². The van der Waals surface area contributed by atoms with Gasteiger partial charge in [-0.2, -0.15) is 0 Å². The molecule has 0 aliphatic carbocycles. The summed E-state index contributed by atoms with van der Waals surface area (Å²) in [5.41, 5.74) is 4.93. The van der Waals surface area contributed by atoms with E-state index in [2.05, 4.69) is 89.9 Å². The van der Waals surface area contributed by atoms with Crippen molar-refractivity contribution in [3.05, 3.63) is 132 Å². The summed E-state index contributed by atoms with van der Waals surface area (Å²) < 4.78 is 11.4. The van der Waals surface area contributed by atoms with E-state index in [9.17, 15) is 0 Å². The van der Waals surface area contributed by atoms with Crippen LogP contribution in [0.5, 0.6) is 11.5 Å². The Morgan fingerprint density at radius 1 is 0.625 bits per heavy atom. The Morgan fingerprint density at radius 3 is 2.00 bits per heavy atom. The molecule has 0 bridgehead atoms. The number of fused-ring (bicyclic) bond motifs is 1. The first-order chi connectivity index (χ1) is 15.8. The highest BCUT2D eigenvalue weighted by Crippen LogP contribution is 2.48. The Labute approximate surface area is 188 Å². The average Bonchev–Trinajstić information content (AvgIpc) is 3.30. The maximum atomic E-state index is 5.90. The summed E-state index contributed by atoms with van der Waals surface area (Å²) in [6.45, 7) is 0. The summed E-state index contributed by atoms with van der Waals surface area (Å²) >= 11 is 0. The van der Waals surface area contributed by atoms with Gasteiger partial charge in [-0.25, -0.2) is 0 Å². The van der Waals surface area contributed by atoms with E-state index in [1.807, 2.05) is 24.3 Å². The smallest absolute Gasteiger partial charge is 0.123 e. The van der Waals surface area contributed by atoms with Crippen LogP contribution in [0.2, 0.25) is 0 Å². The molecule has 1 N–H and O–H groups in total. The van der Waals surface area contributed by atoms with Gasteiger partial charge in [-0.05, 0) is 46.8 Å². The number of aromatic nitrogens is 1. The van der Waals surface area contributed by atoms with Crippen LogP contribution >= 0.6 is 0 Å². The fourth-order valence-corrected chi connectivity index (χ4v) is 4.69. The molecule has 1 heterocycles. The normalized spacial score (nSPS) is 12.9. The van der Waals surface area contributed by atoms with Gasteiger partial charge in [-0.15, -0.1) is 0 Å². The van der Waals surface area contributed by atoms with E-state index in [0.717, 1.165) is 39.4 Å². The van der Waals surface area contributed by atoms with Crippen molar-refractivity contribution in [3.8, 4) is 11.5 Å². The van der Waals surface area contributed by atoms with Gasteiger partial charge in [0.25, 0.3) is 0 Å². The molecule has 5 aromatic rings. The van der Waals surface area contributed by atoms with Gasteiger partial charge in [0.15, 0.2) is 0 Å². The van der Waals surface area contributed by atoms with Gasteiger partial charge >= 0.3 is 0 Å². The van der Waals surface area contributed by atoms with Gasteiger partial charge in [-0.3, -0.25) is 0 Å². The molecule has 5 rings (SSSR count). The first kappa shape index (κ1) is 20.0. The lowest BCUT2D eigenvalue weighted by Crippen LogP contribution is -2.32. The number of methoxy groups -OCH3 is 2. The maximum Gasteiger partial charge on any atom is 0.123 e. The lowest BCUT2D eigenvalue weighted by atomic mass is 9.67. The number of benzene rings is 4. The van der Waals surface area contributed by atoms with Crippen LogP contribution in [0.15, 0.2) is 109 Å². The second-order valence-electron chi connectivity index (χ2n) is 7.82. The molecule has 0 unspecified atom stereocenters. The molecule has 3 heteroatoms. The minimum atomic E-state index is -0.612. The van der Waals surface area contributed by atoms with Crippen LogP contribution < -0.4 is 9.47 Å². The predicted molar refractivity (Wildman–Crippen MR) is 130 cm³/mol. The van der Waals surface area contributed by atoms with E-state index in [4.69, 9.17) is 9.47 Å². The fourth-order valence-electron chi connectivity index (χ4n) is 4.69. The number of hydrogen-bond acceptors (Lipinski definition) is 2. The van der Waals surface area contributed by atoms with E-state index in [0.29, 0.717) is 0 Å². The standard InChI is InChI=1S/C29H25NO2/c1-31-24-18-16-23(17-19-24)29(22-11-4-3-5-12-22,25-13-7-9-15-27(25)32-2)28-20-21-10-6-8-14-26(21)30-28/h3-20,30H,1-2H3/t29-/m1/s1. The number of hydrogen-bond donors (Lipinski definition) is 1. The van der Waals surface area contributed by atoms with Gasteiger partial charge in [0.05, 0.1) is 19.6 Å². The highest BCUT2D eigenvalue weighted by molar-refractivity contribution is 5.82. The molecule has 0 radical (unpaired) electrons. The third-order valence-corrected chi connectivity index (χ3v) is 6.17. The van der Waals surface area contributed by atoms with Crippen LogP contribution in [0.3, 0.4) is 0 Å². The highest BCUT2D eigenvalue weighted by Gasteiger charge is 2.41. The van der Waals surface area contributed by atoms with Crippen LogP contribution in [0.1, 0.15) is 22.4 Å². The molecule has 4 aromatic carbocycles. The first-order valence-electron chi connectivity index (χ1n) is 10.7. The number of H-pyrrole nitrogens is 1. The maximum absolute atomic E-state index is 5.90. The molecule has 3 nitrogen and oxygen atoms in total. The minimum Gasteiger partial charge on any atom is -0.497 e. The molecular formula is C29H25NO2. The average molecular weight is 420 g/mol. The molecule has 0 aliphatic rings. The van der Waals surface area contributed by atoms with E-state index in [1.165, 1.54) is 5.39 Å². The highest BCUT2D eigenvalue weighted by atomic mass is 16.5. The van der Waals surface area contributed by atoms with Crippen LogP contribution in [-0.4, -0.2) is 19.2 Å². The summed E-state index contributed by atoms with van der Waals surface area (Å²) in [6, 6.07) is 37.8. The zero-order valence-electron chi connectivity index (χ0n) is 18.2. The van der Waals surface area contributed by atoms with Crippen LogP contribution in [-0.2, 0) is 5.41 Å². The monoisotopic (exact) mass is 419 g/mol. The van der Waals surface area contributed by atoms with Crippen molar-refractivity contribution < 1.29 is 9.47 Å². The fraction of sp³-hybridized carbons (Fsp3) is 0.103. The predicted octanol–water partition coefficient (Wildman–Crippen LogP) is 6.57. The summed E-state index contributed by atoms with van der Waals surface area (Å²) in [4.78, 5) is 3.73. The van der Waals surface area contributed by atoms with E-state index in [-0.39, 0.29) is 0 Å². The molecule has 0 saturated heterocycles. The lowest BCUT2D eigenvalue weighted by Gasteiger charge is -2.36. The van der Waals surface area contributed by atoms with Gasteiger partial charge in [-0.1, -0.05) is 78.9 Å². The lowest BCUT2D eigenvalue weighted by molar-refractivity contribution is 0.404. The molecule has 32 heavy (non-hydrogen) atoms. The van der Waals surface area contributed by atoms with Crippen molar-refractivity contribution in [2.45, 2.75) is 5.41 Å². The quantitative estimate of drug-likeness (QED) is 0.316. The number of rotatable bonds is 6. The summed E-state index contributed by atoms with van der Waals surface area (Å²) in [6.07, 6.45) is 0. The van der Waals surface area contributed by atoms with Crippen LogP contribution in [0.4, 0.5) is 0 Å². The second kappa shape index (κ2) is 8.27. The summed E-state index contributed by atoms with van der Waals surface area (Å²) in [5, 5.41) is 1.17. The number of nitrogens with one attached hydrogen (secondary N) is 1. The Bertz CT molecular complexity index is 1310. The zero-order chi connectivity index (χ0) is 22.0. The number of para-hydroxylation sites is 2. The first-order valence-corrected chi connectivity index (χ1v) is 10.7. The second-order valence-corrected chi connectivity index (χ2v) is 7.82. The van der Waals surface area contributed by atoms with Gasteiger partial charge < -0.3 is 14.5 Å². The Hall–Kier alpha value is -3.98. The minimum absolute atomic E-state index is 0.612. The van der Waals surface area contributed by atoms with E-state index >= 15 is 0 Å². The van der Waals surface area contributed by atoms with Crippen molar-refractivity contribution in [1.82, 2.24) is 4.98 Å². The molecule has 0 amide bonds. The molecular weight excluding hydrogens is 394 g/mol. The van der Waals surface area contributed by atoms with Crippen molar-refractivity contribution >= 4 is 10.9 Å². The van der Waals surface area contributed by atoms with Crippen molar-refractivity contribution in [2.24, 2.45) is 0 Å². The summed E-state index contributed by atoms with van der Waals surface area (Å²) in [7, 11) is 3.42. The van der Waals surface area contributed by atoms with Crippen molar-refractivity contribution in [2.75, 3.05) is 14.2 Å². The van der Waals surface area contributed by atoms with Crippen LogP contribution in [0, 0.1) is 0 Å². The van der Waals surface area contributed by atoms with Gasteiger partial charge in [0.2, 0.25) is 0 Å². The molecule has 0 saturated carbocycles. The van der Waals surface area contributed by atoms with E-state index in [1.54, 1.807) is 14.2 Å². The van der Waals surface area contributed by atoms with Crippen LogP contribution in [0.25, 0.3) is 10.9 Å². The number of aromatic amines is 1. The summed E-state index contributed by atoms with van der Waals surface area (Å²) in [5.74, 6) is 1.67. The zero-order valence-corrected chi connectivity index (χ0v) is 18.2. The Balaban J connectivity index is 1.93. The number of ether oxygens (including phenoxy) is 2. The molecule has 0 aliphatic heterocycles. The SMILES string of the molecule is COc1ccc([C@@](c2ccccc2)(c2cc3ccccc3[nH]2)c2ccccc2OC)cc1.